The predicted molar refractivity (Wildman–Crippen MR) is 47.8 cm³/mol. The van der Waals surface area contributed by atoms with Gasteiger partial charge in [0.05, 0.1) is 0 Å². The van der Waals surface area contributed by atoms with E-state index in [1.54, 1.807) is 0 Å². The fourth-order valence-electron chi connectivity index (χ4n) is 0.453. The van der Waals surface area contributed by atoms with Crippen LogP contribution >= 0.6 is 17.5 Å². The van der Waals surface area contributed by atoms with Crippen LogP contribution in [-0.2, 0) is 4.57 Å². The zero-order chi connectivity index (χ0) is 8.69. The lowest BCUT2D eigenvalue weighted by Gasteiger charge is -1.82. The molecule has 5 heteroatoms. The van der Waals surface area contributed by atoms with Crippen molar-refractivity contribution < 1.29 is 14.4 Å². The molecule has 0 amide bonds. The highest BCUT2D eigenvalue weighted by Gasteiger charge is 1.93. The first kappa shape index (κ1) is 10.7. The Kier molecular flexibility index (Phi) is 6.19. The summed E-state index contributed by atoms with van der Waals surface area (Å²) in [6, 6.07) is 10.1. The smallest absolute Gasteiger partial charge is 0.134 e. The zero-order valence-electron chi connectivity index (χ0n) is 5.71. The standard InChI is InChI=1S/C6H7P.HO3P/c7-6-4-2-1-3-5-6;1-4(2)3/h1-5H,7H2;(H-,1,2,3)/p+1. The Labute approximate surface area is 68.2 Å². The van der Waals surface area contributed by atoms with Gasteiger partial charge in [-0.25, -0.2) is 0 Å². The van der Waals surface area contributed by atoms with Gasteiger partial charge in [0.15, 0.2) is 0 Å². The molecule has 0 radical (unpaired) electrons. The van der Waals surface area contributed by atoms with Gasteiger partial charge in [0, 0.05) is 4.57 Å². The molecule has 0 fully saturated rings. The maximum absolute atomic E-state index is 8.70. The van der Waals surface area contributed by atoms with Crippen LogP contribution in [0.2, 0.25) is 0 Å². The molecular formula is C6H9O3P2+. The first-order valence-corrected chi connectivity index (χ1v) is 4.52. The summed E-state index contributed by atoms with van der Waals surface area (Å²) in [7, 11) is -0.241. The summed E-state index contributed by atoms with van der Waals surface area (Å²) in [6.07, 6.45) is 0. The maximum atomic E-state index is 8.70. The monoisotopic (exact) mass is 191 g/mol. The first-order chi connectivity index (χ1) is 5.13. The molecule has 1 aromatic carbocycles. The molecule has 0 aliphatic heterocycles. The third kappa shape index (κ3) is 9.67. The molecule has 0 saturated heterocycles. The van der Waals surface area contributed by atoms with E-state index in [1.165, 1.54) is 5.30 Å². The molecule has 0 saturated carbocycles. The molecule has 1 unspecified atom stereocenters. The van der Waals surface area contributed by atoms with Crippen LogP contribution in [0.15, 0.2) is 30.3 Å². The lowest BCUT2D eigenvalue weighted by molar-refractivity contribution is 0.405. The Balaban J connectivity index is 0.000000218. The predicted octanol–water partition coefficient (Wildman–Crippen LogP) is 0.815. The molecule has 11 heavy (non-hydrogen) atoms. The summed E-state index contributed by atoms with van der Waals surface area (Å²) in [5.74, 6) is 0. The molecule has 60 valence electrons. The van der Waals surface area contributed by atoms with Crippen LogP contribution in [0.25, 0.3) is 0 Å². The molecule has 3 nitrogen and oxygen atoms in total. The van der Waals surface area contributed by atoms with Crippen LogP contribution in [0, 0.1) is 0 Å². The molecular weight excluding hydrogens is 182 g/mol. The van der Waals surface area contributed by atoms with Crippen molar-refractivity contribution in [2.45, 2.75) is 0 Å². The van der Waals surface area contributed by atoms with Gasteiger partial charge in [-0.2, -0.15) is 0 Å². The quantitative estimate of drug-likeness (QED) is 0.596. The van der Waals surface area contributed by atoms with E-state index >= 15 is 0 Å². The van der Waals surface area contributed by atoms with E-state index in [0.29, 0.717) is 0 Å². The summed E-state index contributed by atoms with van der Waals surface area (Å²) in [6.45, 7) is 0. The maximum Gasteiger partial charge on any atom is 0.692 e. The van der Waals surface area contributed by atoms with Crippen LogP contribution in [0.5, 0.6) is 0 Å². The largest absolute Gasteiger partial charge is 0.692 e. The molecule has 0 spiro atoms. The van der Waals surface area contributed by atoms with Crippen LogP contribution in [0.1, 0.15) is 0 Å². The molecule has 0 heterocycles. The van der Waals surface area contributed by atoms with Gasteiger partial charge in [0.2, 0.25) is 0 Å². The SMILES string of the molecule is O=[P+](O)O.Pc1ccccc1. The Morgan fingerprint density at radius 2 is 1.55 bits per heavy atom. The van der Waals surface area contributed by atoms with E-state index in [0.717, 1.165) is 0 Å². The molecule has 1 atom stereocenters. The van der Waals surface area contributed by atoms with Crippen molar-refractivity contribution in [1.29, 1.82) is 0 Å². The van der Waals surface area contributed by atoms with E-state index in [9.17, 15) is 0 Å². The summed E-state index contributed by atoms with van der Waals surface area (Å²) < 4.78 is 8.70. The van der Waals surface area contributed by atoms with Crippen molar-refractivity contribution in [2.24, 2.45) is 0 Å². The summed E-state index contributed by atoms with van der Waals surface area (Å²) >= 11 is 0. The van der Waals surface area contributed by atoms with Crippen LogP contribution < -0.4 is 5.30 Å². The lowest BCUT2D eigenvalue weighted by Crippen LogP contribution is -1.82. The fraction of sp³-hybridized carbons (Fsp3) is 0. The normalized spacial score (nSPS) is 7.91. The van der Waals surface area contributed by atoms with E-state index in [4.69, 9.17) is 14.4 Å². The van der Waals surface area contributed by atoms with Gasteiger partial charge in [-0.1, -0.05) is 30.3 Å². The number of benzene rings is 1. The first-order valence-electron chi connectivity index (χ1n) is 2.78. The van der Waals surface area contributed by atoms with Crippen LogP contribution in [0.3, 0.4) is 0 Å². The minimum atomic E-state index is -2.87. The second kappa shape index (κ2) is 6.38. The highest BCUT2D eigenvalue weighted by molar-refractivity contribution is 7.30. The molecule has 2 N–H and O–H groups in total. The van der Waals surface area contributed by atoms with Gasteiger partial charge < -0.3 is 0 Å². The molecule has 0 aliphatic carbocycles. The van der Waals surface area contributed by atoms with Gasteiger partial charge in [0.25, 0.3) is 0 Å². The highest BCUT2D eigenvalue weighted by atomic mass is 31.1. The van der Waals surface area contributed by atoms with E-state index in [-0.39, 0.29) is 0 Å². The minimum Gasteiger partial charge on any atom is -0.134 e. The minimum absolute atomic E-state index is 1.24. The van der Waals surface area contributed by atoms with Gasteiger partial charge in [-0.3, -0.25) is 0 Å². The topological polar surface area (TPSA) is 57.5 Å². The van der Waals surface area contributed by atoms with Crippen LogP contribution in [0.4, 0.5) is 0 Å². The fourth-order valence-corrected chi connectivity index (χ4v) is 0.675. The van der Waals surface area contributed by atoms with Gasteiger partial charge in [-0.05, 0) is 5.30 Å². The molecule has 0 bridgehead atoms. The number of hydrogen-bond donors (Lipinski definition) is 2. The number of rotatable bonds is 0. The highest BCUT2D eigenvalue weighted by Crippen LogP contribution is 1.98. The van der Waals surface area contributed by atoms with Crippen molar-refractivity contribution in [3.8, 4) is 0 Å². The van der Waals surface area contributed by atoms with Gasteiger partial charge >= 0.3 is 8.25 Å². The molecule has 0 aliphatic rings. The molecule has 1 rings (SSSR count). The summed E-state index contributed by atoms with van der Waals surface area (Å²) in [5, 5.41) is 1.24. The van der Waals surface area contributed by atoms with Gasteiger partial charge in [-0.15, -0.1) is 19.0 Å². The Morgan fingerprint density at radius 1 is 1.18 bits per heavy atom. The molecule has 0 aromatic heterocycles. The number of hydrogen-bond acceptors (Lipinski definition) is 1. The van der Waals surface area contributed by atoms with E-state index in [2.05, 4.69) is 9.24 Å². The second-order valence-corrected chi connectivity index (χ2v) is 2.84. The third-order valence-electron chi connectivity index (χ3n) is 0.800. The van der Waals surface area contributed by atoms with E-state index < -0.39 is 8.25 Å². The lowest BCUT2D eigenvalue weighted by atomic mass is 10.4. The van der Waals surface area contributed by atoms with Crippen molar-refractivity contribution in [3.63, 3.8) is 0 Å². The Morgan fingerprint density at radius 3 is 1.73 bits per heavy atom. The second-order valence-electron chi connectivity index (χ2n) is 1.66. The third-order valence-corrected chi connectivity index (χ3v) is 1.18. The Bertz CT molecular complexity index is 208. The zero-order valence-corrected chi connectivity index (χ0v) is 7.76. The van der Waals surface area contributed by atoms with Gasteiger partial charge in [0.1, 0.15) is 0 Å². The average Bonchev–Trinajstić information content (AvgIpc) is 1.87. The summed E-state index contributed by atoms with van der Waals surface area (Å²) in [4.78, 5) is 14.2. The van der Waals surface area contributed by atoms with Crippen LogP contribution in [-0.4, -0.2) is 9.79 Å². The average molecular weight is 191 g/mol. The van der Waals surface area contributed by atoms with Crippen molar-refractivity contribution in [1.82, 2.24) is 0 Å². The summed E-state index contributed by atoms with van der Waals surface area (Å²) in [5.41, 5.74) is 0. The van der Waals surface area contributed by atoms with E-state index in [1.807, 2.05) is 30.3 Å². The Hall–Kier alpha value is -0.330. The van der Waals surface area contributed by atoms with Crippen molar-refractivity contribution in [2.75, 3.05) is 0 Å². The van der Waals surface area contributed by atoms with Crippen molar-refractivity contribution >= 4 is 22.8 Å². The van der Waals surface area contributed by atoms with Crippen molar-refractivity contribution in [3.05, 3.63) is 30.3 Å². The molecule has 1 aromatic rings.